The van der Waals surface area contributed by atoms with E-state index < -0.39 is 27.2 Å². The zero-order chi connectivity index (χ0) is 14.1. The van der Waals surface area contributed by atoms with E-state index >= 15 is 0 Å². The van der Waals surface area contributed by atoms with Gasteiger partial charge in [-0.05, 0) is 39.0 Å². The molecule has 0 aromatic heterocycles. The van der Waals surface area contributed by atoms with Gasteiger partial charge in [-0.1, -0.05) is 13.8 Å². The molecule has 5 nitrogen and oxygen atoms in total. The summed E-state index contributed by atoms with van der Waals surface area (Å²) in [5, 5.41) is -1.82. The van der Waals surface area contributed by atoms with Gasteiger partial charge in [-0.2, -0.15) is 0 Å². The highest BCUT2D eigenvalue weighted by Crippen LogP contribution is 2.30. The molecular weight excluding hydrogens is 248 g/mol. The quantitative estimate of drug-likeness (QED) is 0.418. The molecule has 17 heavy (non-hydrogen) atoms. The average Bonchev–Trinajstić information content (AvgIpc) is 2.14. The Labute approximate surface area is 108 Å². The molecule has 0 aromatic carbocycles. The smallest absolute Gasteiger partial charge is 0.246 e. The fraction of sp³-hybridized carbons (Fsp3) is 1.00. The van der Waals surface area contributed by atoms with Crippen LogP contribution in [-0.2, 0) is 4.12 Å². The monoisotopic (exact) mass is 278 g/mol. The maximum atomic E-state index is 6.31. The van der Waals surface area contributed by atoms with Crippen LogP contribution in [0.1, 0.15) is 26.7 Å². The highest BCUT2D eigenvalue weighted by Gasteiger charge is 2.58. The molecule has 0 aromatic rings. The molecule has 0 unspecified atom stereocenters. The van der Waals surface area contributed by atoms with Crippen LogP contribution in [0.5, 0.6) is 0 Å². The lowest BCUT2D eigenvalue weighted by Gasteiger charge is -2.52. The summed E-state index contributed by atoms with van der Waals surface area (Å²) >= 11 is 0. The maximum Gasteiger partial charge on any atom is 0.246 e. The van der Waals surface area contributed by atoms with E-state index in [-0.39, 0.29) is 0 Å². The van der Waals surface area contributed by atoms with Crippen LogP contribution in [0.3, 0.4) is 0 Å². The second-order valence-electron chi connectivity index (χ2n) is 6.04. The molecule has 0 rings (SSSR count). The normalized spacial score (nSPS) is 15.2. The predicted molar refractivity (Wildman–Crippen MR) is 78.8 cm³/mol. The van der Waals surface area contributed by atoms with Gasteiger partial charge in [0.05, 0.1) is 10.6 Å². The summed E-state index contributed by atoms with van der Waals surface area (Å²) in [5.41, 5.74) is 25.0. The first-order valence-electron chi connectivity index (χ1n) is 6.18. The number of hydrogen-bond acceptors (Lipinski definition) is 5. The molecule has 0 saturated heterocycles. The van der Waals surface area contributed by atoms with Gasteiger partial charge < -0.3 is 27.0 Å². The summed E-state index contributed by atoms with van der Waals surface area (Å²) in [4.78, 5) is 0. The Kier molecular flexibility index (Phi) is 5.15. The third-order valence-electron chi connectivity index (χ3n) is 3.46. The molecule has 0 bridgehead atoms. The Morgan fingerprint density at radius 3 is 1.29 bits per heavy atom. The third-order valence-corrected chi connectivity index (χ3v) is 11.8. The van der Waals surface area contributed by atoms with E-state index in [1.807, 2.05) is 20.4 Å². The highest BCUT2D eigenvalue weighted by molar-refractivity contribution is 6.88. The molecule has 0 radical (unpaired) electrons. The van der Waals surface area contributed by atoms with Crippen molar-refractivity contribution in [2.75, 3.05) is 0 Å². The Morgan fingerprint density at radius 2 is 1.12 bits per heavy atom. The SMILES string of the molecule is CCC(N)(N)[Si](C)(O[Si](C)(C)C)C(N)(N)CC. The lowest BCUT2D eigenvalue weighted by Crippen LogP contribution is -2.86. The van der Waals surface area contributed by atoms with Gasteiger partial charge >= 0.3 is 0 Å². The lowest BCUT2D eigenvalue weighted by atomic mass is 10.4. The Bertz CT molecular complexity index is 248. The molecule has 0 aliphatic carbocycles. The topological polar surface area (TPSA) is 113 Å². The molecule has 0 heterocycles. The van der Waals surface area contributed by atoms with Crippen molar-refractivity contribution in [2.45, 2.75) is 63.4 Å². The minimum Gasteiger partial charge on any atom is -0.452 e. The molecule has 8 N–H and O–H groups in total. The van der Waals surface area contributed by atoms with Crippen LogP contribution in [0, 0.1) is 0 Å². The molecule has 0 amide bonds. The van der Waals surface area contributed by atoms with Gasteiger partial charge in [-0.15, -0.1) is 0 Å². The third kappa shape index (κ3) is 3.60. The van der Waals surface area contributed by atoms with E-state index in [1.54, 1.807) is 0 Å². The lowest BCUT2D eigenvalue weighted by molar-refractivity contribution is 0.370. The molecule has 0 atom stereocenters. The Hall–Kier alpha value is 0.234. The van der Waals surface area contributed by atoms with Gasteiger partial charge in [0.2, 0.25) is 8.32 Å². The van der Waals surface area contributed by atoms with Crippen molar-refractivity contribution in [1.29, 1.82) is 0 Å². The minimum absolute atomic E-state index is 0.607. The second kappa shape index (κ2) is 5.08. The number of hydrogen-bond donors (Lipinski definition) is 4. The van der Waals surface area contributed by atoms with E-state index in [9.17, 15) is 0 Å². The minimum atomic E-state index is -2.67. The van der Waals surface area contributed by atoms with Crippen LogP contribution in [-0.4, -0.2) is 27.2 Å². The summed E-state index contributed by atoms with van der Waals surface area (Å²) in [6.07, 6.45) is 1.21. The average molecular weight is 279 g/mol. The summed E-state index contributed by atoms with van der Waals surface area (Å²) in [7, 11) is -4.47. The summed E-state index contributed by atoms with van der Waals surface area (Å²) in [5.74, 6) is 0. The number of nitrogens with two attached hydrogens (primary N) is 4. The van der Waals surface area contributed by atoms with Crippen LogP contribution < -0.4 is 22.9 Å². The van der Waals surface area contributed by atoms with Crippen molar-refractivity contribution in [3.63, 3.8) is 0 Å². The van der Waals surface area contributed by atoms with E-state index in [0.717, 1.165) is 0 Å². The first kappa shape index (κ1) is 17.2. The van der Waals surface area contributed by atoms with Crippen LogP contribution in [0.25, 0.3) is 0 Å². The molecular formula is C10H30N4OSi2. The van der Waals surface area contributed by atoms with Crippen molar-refractivity contribution in [1.82, 2.24) is 0 Å². The van der Waals surface area contributed by atoms with E-state index in [1.165, 1.54) is 0 Å². The van der Waals surface area contributed by atoms with Crippen molar-refractivity contribution < 1.29 is 4.12 Å². The van der Waals surface area contributed by atoms with Crippen molar-refractivity contribution >= 4 is 16.6 Å². The first-order valence-corrected chi connectivity index (χ1v) is 12.0. The zero-order valence-corrected chi connectivity index (χ0v) is 14.1. The predicted octanol–water partition coefficient (Wildman–Crippen LogP) is 0.539. The molecule has 7 heteroatoms. The molecule has 0 spiro atoms. The summed E-state index contributed by atoms with van der Waals surface area (Å²) in [6, 6.07) is 0. The molecule has 0 aliphatic rings. The van der Waals surface area contributed by atoms with Gasteiger partial charge in [0.15, 0.2) is 8.32 Å². The van der Waals surface area contributed by atoms with Crippen molar-refractivity contribution in [3.05, 3.63) is 0 Å². The number of rotatable bonds is 6. The summed E-state index contributed by atoms with van der Waals surface area (Å²) in [6.45, 7) is 12.2. The van der Waals surface area contributed by atoms with Gasteiger partial charge in [-0.25, -0.2) is 0 Å². The Balaban J connectivity index is 5.53. The van der Waals surface area contributed by atoms with E-state index in [0.29, 0.717) is 12.8 Å². The molecule has 104 valence electrons. The van der Waals surface area contributed by atoms with Crippen molar-refractivity contribution in [2.24, 2.45) is 22.9 Å². The van der Waals surface area contributed by atoms with Crippen LogP contribution in [0.15, 0.2) is 0 Å². The molecule has 0 aliphatic heterocycles. The van der Waals surface area contributed by atoms with Gasteiger partial charge in [0, 0.05) is 0 Å². The second-order valence-corrected chi connectivity index (χ2v) is 15.0. The largest absolute Gasteiger partial charge is 0.452 e. The van der Waals surface area contributed by atoms with Crippen molar-refractivity contribution in [3.8, 4) is 0 Å². The highest BCUT2D eigenvalue weighted by atomic mass is 28.4. The van der Waals surface area contributed by atoms with E-state index in [2.05, 4.69) is 19.6 Å². The first-order chi connectivity index (χ1) is 7.33. The summed E-state index contributed by atoms with van der Waals surface area (Å²) < 4.78 is 6.31. The van der Waals surface area contributed by atoms with Crippen LogP contribution in [0.4, 0.5) is 0 Å². The standard InChI is InChI=1S/C10H30N4OSi2/c1-7-9(11,12)17(6,10(13,14)8-2)15-16(3,4)5/h7-8,11-14H2,1-6H3. The van der Waals surface area contributed by atoms with Crippen LogP contribution >= 0.6 is 0 Å². The fourth-order valence-corrected chi connectivity index (χ4v) is 10.5. The van der Waals surface area contributed by atoms with E-state index in [4.69, 9.17) is 27.0 Å². The van der Waals surface area contributed by atoms with Gasteiger partial charge in [0.25, 0.3) is 0 Å². The fourth-order valence-electron chi connectivity index (χ4n) is 1.91. The van der Waals surface area contributed by atoms with Gasteiger partial charge in [-0.3, -0.25) is 0 Å². The Morgan fingerprint density at radius 1 is 0.824 bits per heavy atom. The zero-order valence-electron chi connectivity index (χ0n) is 12.1. The molecule has 0 fully saturated rings. The van der Waals surface area contributed by atoms with Gasteiger partial charge in [0.1, 0.15) is 0 Å². The maximum absolute atomic E-state index is 6.31. The van der Waals surface area contributed by atoms with Crippen LogP contribution in [0.2, 0.25) is 26.2 Å². The molecule has 0 saturated carbocycles.